The van der Waals surface area contributed by atoms with Gasteiger partial charge >= 0.3 is 5.97 Å². The third-order valence-corrected chi connectivity index (χ3v) is 4.52. The summed E-state index contributed by atoms with van der Waals surface area (Å²) in [5.41, 5.74) is 0.681. The van der Waals surface area contributed by atoms with Gasteiger partial charge in [-0.25, -0.2) is 13.1 Å². The van der Waals surface area contributed by atoms with Crippen LogP contribution in [0.4, 0.5) is 0 Å². The molecule has 1 atom stereocenters. The van der Waals surface area contributed by atoms with Crippen molar-refractivity contribution in [3.8, 4) is 0 Å². The molecule has 1 aromatic heterocycles. The molecule has 0 amide bonds. The molecule has 0 radical (unpaired) electrons. The molecule has 0 aliphatic carbocycles. The predicted molar refractivity (Wildman–Crippen MR) is 79.3 cm³/mol. The van der Waals surface area contributed by atoms with Gasteiger partial charge in [-0.1, -0.05) is 30.3 Å². The van der Waals surface area contributed by atoms with Crippen molar-refractivity contribution in [3.05, 3.63) is 48.3 Å². The maximum absolute atomic E-state index is 12.4. The van der Waals surface area contributed by atoms with E-state index in [1.807, 2.05) is 6.07 Å². The number of esters is 1. The minimum absolute atomic E-state index is 0.0424. The van der Waals surface area contributed by atoms with Gasteiger partial charge in [0.1, 0.15) is 4.90 Å². The number of hydrogen-bond donors (Lipinski definition) is 1. The molecule has 0 saturated heterocycles. The highest BCUT2D eigenvalue weighted by atomic mass is 32.2. The normalized spacial score (nSPS) is 12.8. The molecule has 2 rings (SSSR count). The Labute approximate surface area is 129 Å². The number of aromatic nitrogens is 2. The van der Waals surface area contributed by atoms with Crippen LogP contribution in [-0.2, 0) is 26.6 Å². The zero-order valence-electron chi connectivity index (χ0n) is 12.3. The van der Waals surface area contributed by atoms with Crippen molar-refractivity contribution in [2.75, 3.05) is 7.11 Å². The Morgan fingerprint density at radius 3 is 2.59 bits per heavy atom. The van der Waals surface area contributed by atoms with Crippen molar-refractivity contribution in [1.82, 2.24) is 14.5 Å². The summed E-state index contributed by atoms with van der Waals surface area (Å²) in [6.07, 6.45) is 2.55. The van der Waals surface area contributed by atoms with Crippen molar-refractivity contribution < 1.29 is 17.9 Å². The fourth-order valence-corrected chi connectivity index (χ4v) is 3.16. The van der Waals surface area contributed by atoms with Crippen LogP contribution in [-0.4, -0.2) is 31.3 Å². The molecule has 0 fully saturated rings. The average Bonchev–Trinajstić information content (AvgIpc) is 2.94. The number of nitrogens with zero attached hydrogens (tertiary/aromatic N) is 2. The van der Waals surface area contributed by atoms with Gasteiger partial charge in [0.15, 0.2) is 0 Å². The number of rotatable bonds is 6. The number of nitrogens with one attached hydrogen (secondary N) is 1. The lowest BCUT2D eigenvalue weighted by Crippen LogP contribution is -2.30. The van der Waals surface area contributed by atoms with E-state index in [1.54, 1.807) is 31.3 Å². The van der Waals surface area contributed by atoms with Crippen LogP contribution >= 0.6 is 0 Å². The quantitative estimate of drug-likeness (QED) is 0.801. The molecule has 1 heterocycles. The largest absolute Gasteiger partial charge is 0.469 e. The van der Waals surface area contributed by atoms with Gasteiger partial charge in [-0.15, -0.1) is 0 Å². The molecule has 1 aromatic carbocycles. The fourth-order valence-electron chi connectivity index (χ4n) is 1.96. The van der Waals surface area contributed by atoms with Gasteiger partial charge in [0.25, 0.3) is 0 Å². The summed E-state index contributed by atoms with van der Waals surface area (Å²) in [5, 5.41) is 3.85. The Hall–Kier alpha value is -2.19. The summed E-state index contributed by atoms with van der Waals surface area (Å²) in [6.45, 7) is 0. The highest BCUT2D eigenvalue weighted by molar-refractivity contribution is 7.89. The molecular weight excluding hydrogens is 306 g/mol. The second kappa shape index (κ2) is 6.71. The Kier molecular flexibility index (Phi) is 4.94. The summed E-state index contributed by atoms with van der Waals surface area (Å²) in [5.74, 6) is -0.497. The first-order chi connectivity index (χ1) is 10.4. The highest BCUT2D eigenvalue weighted by Crippen LogP contribution is 2.20. The molecule has 0 unspecified atom stereocenters. The summed E-state index contributed by atoms with van der Waals surface area (Å²) in [4.78, 5) is 11.6. The third-order valence-electron chi connectivity index (χ3n) is 3.09. The Morgan fingerprint density at radius 1 is 1.36 bits per heavy atom. The SMILES string of the molecule is COC(=O)C[C@@H](NS(=O)(=O)c1cnn(C)c1)c1ccccc1. The Bertz CT molecular complexity index is 740. The molecule has 1 N–H and O–H groups in total. The van der Waals surface area contributed by atoms with E-state index >= 15 is 0 Å². The Morgan fingerprint density at radius 2 is 2.05 bits per heavy atom. The van der Waals surface area contributed by atoms with E-state index in [0.717, 1.165) is 0 Å². The number of hydrogen-bond acceptors (Lipinski definition) is 5. The maximum atomic E-state index is 12.4. The zero-order valence-corrected chi connectivity index (χ0v) is 13.1. The van der Waals surface area contributed by atoms with E-state index in [4.69, 9.17) is 0 Å². The number of benzene rings is 1. The van der Waals surface area contributed by atoms with Crippen LogP contribution in [0.5, 0.6) is 0 Å². The van der Waals surface area contributed by atoms with Crippen LogP contribution < -0.4 is 4.72 Å². The van der Waals surface area contributed by atoms with Crippen LogP contribution in [0.2, 0.25) is 0 Å². The molecule has 0 aliphatic heterocycles. The molecule has 0 saturated carbocycles. The molecule has 2 aromatic rings. The number of ether oxygens (including phenoxy) is 1. The minimum Gasteiger partial charge on any atom is -0.469 e. The van der Waals surface area contributed by atoms with E-state index in [1.165, 1.54) is 24.2 Å². The van der Waals surface area contributed by atoms with Gasteiger partial charge in [0, 0.05) is 13.2 Å². The first-order valence-corrected chi connectivity index (χ1v) is 8.03. The Balaban J connectivity index is 2.28. The van der Waals surface area contributed by atoms with Crippen LogP contribution in [0.3, 0.4) is 0 Å². The van der Waals surface area contributed by atoms with Crippen LogP contribution in [0, 0.1) is 0 Å². The topological polar surface area (TPSA) is 90.3 Å². The molecule has 7 nitrogen and oxygen atoms in total. The second-order valence-corrected chi connectivity index (χ2v) is 6.43. The number of carbonyl (C=O) groups excluding carboxylic acids is 1. The van der Waals surface area contributed by atoms with E-state index in [2.05, 4.69) is 14.6 Å². The lowest BCUT2D eigenvalue weighted by molar-refractivity contribution is -0.141. The van der Waals surface area contributed by atoms with E-state index in [0.29, 0.717) is 5.56 Å². The van der Waals surface area contributed by atoms with Gasteiger partial charge in [0.2, 0.25) is 10.0 Å². The van der Waals surface area contributed by atoms with Gasteiger partial charge in [-0.2, -0.15) is 5.10 Å². The van der Waals surface area contributed by atoms with E-state index < -0.39 is 22.0 Å². The van der Waals surface area contributed by atoms with Gasteiger partial charge in [-0.05, 0) is 5.56 Å². The van der Waals surface area contributed by atoms with E-state index in [9.17, 15) is 13.2 Å². The number of aryl methyl sites for hydroxylation is 1. The van der Waals surface area contributed by atoms with Crippen LogP contribution in [0.15, 0.2) is 47.6 Å². The molecule has 22 heavy (non-hydrogen) atoms. The minimum atomic E-state index is -3.78. The summed E-state index contributed by atoms with van der Waals surface area (Å²) < 4.78 is 33.3. The third kappa shape index (κ3) is 3.92. The lowest BCUT2D eigenvalue weighted by atomic mass is 10.1. The first kappa shape index (κ1) is 16.2. The molecule has 0 aliphatic rings. The van der Waals surface area contributed by atoms with E-state index in [-0.39, 0.29) is 11.3 Å². The molecule has 0 spiro atoms. The highest BCUT2D eigenvalue weighted by Gasteiger charge is 2.24. The molecular formula is C14H17N3O4S. The summed E-state index contributed by atoms with van der Waals surface area (Å²) in [6, 6.07) is 8.15. The average molecular weight is 323 g/mol. The second-order valence-electron chi connectivity index (χ2n) is 4.71. The van der Waals surface area contributed by atoms with Gasteiger partial charge < -0.3 is 4.74 Å². The standard InChI is InChI=1S/C14H17N3O4S/c1-17-10-12(9-15-17)22(19,20)16-13(8-14(18)21-2)11-6-4-3-5-7-11/h3-7,9-10,13,16H,8H2,1-2H3/t13-/m1/s1. The maximum Gasteiger partial charge on any atom is 0.307 e. The van der Waals surface area contributed by atoms with Crippen LogP contribution in [0.25, 0.3) is 0 Å². The summed E-state index contributed by atoms with van der Waals surface area (Å²) in [7, 11) is -0.891. The zero-order chi connectivity index (χ0) is 16.2. The van der Waals surface area contributed by atoms with Crippen molar-refractivity contribution in [3.63, 3.8) is 0 Å². The van der Waals surface area contributed by atoms with Crippen LogP contribution in [0.1, 0.15) is 18.0 Å². The molecule has 118 valence electrons. The number of sulfonamides is 1. The van der Waals surface area contributed by atoms with Gasteiger partial charge in [-0.3, -0.25) is 9.48 Å². The first-order valence-electron chi connectivity index (χ1n) is 6.55. The van der Waals surface area contributed by atoms with Crippen molar-refractivity contribution in [2.24, 2.45) is 7.05 Å². The monoisotopic (exact) mass is 323 g/mol. The van der Waals surface area contributed by atoms with Crippen molar-refractivity contribution in [1.29, 1.82) is 0 Å². The molecule has 8 heteroatoms. The number of carbonyl (C=O) groups is 1. The smallest absolute Gasteiger partial charge is 0.307 e. The fraction of sp³-hybridized carbons (Fsp3) is 0.286. The predicted octanol–water partition coefficient (Wildman–Crippen LogP) is 1.00. The summed E-state index contributed by atoms with van der Waals surface area (Å²) >= 11 is 0. The number of methoxy groups -OCH3 is 1. The molecule has 0 bridgehead atoms. The van der Waals surface area contributed by atoms with Crippen molar-refractivity contribution >= 4 is 16.0 Å². The van der Waals surface area contributed by atoms with Gasteiger partial charge in [0.05, 0.1) is 25.8 Å². The lowest BCUT2D eigenvalue weighted by Gasteiger charge is -2.17. The van der Waals surface area contributed by atoms with Crippen molar-refractivity contribution in [2.45, 2.75) is 17.4 Å².